The monoisotopic (exact) mass is 386 g/mol. The number of nitrogens with zero attached hydrogens (tertiary/aromatic N) is 3. The molecule has 0 aliphatic heterocycles. The maximum atomic E-state index is 9.70. The first-order valence-corrected chi connectivity index (χ1v) is 9.56. The van der Waals surface area contributed by atoms with Gasteiger partial charge in [0.15, 0.2) is 0 Å². The standard InChI is InChI=1S/C22H23BN4O2/c1-14-12-18-19(23(28)29)10-7-11-20(18)27(14)22-25-16(3)15(2)21(26-22)24-13-17-8-5-4-6-9-17/h4-12,28-29H,13H2,1-3H3,(H,24,25,26). The topological polar surface area (TPSA) is 83.2 Å². The number of nitrogens with one attached hydrogen (secondary N) is 1. The number of rotatable bonds is 5. The van der Waals surface area contributed by atoms with Gasteiger partial charge in [0.25, 0.3) is 0 Å². The minimum atomic E-state index is -1.53. The Hall–Kier alpha value is -3.16. The number of anilines is 1. The van der Waals surface area contributed by atoms with Crippen LogP contribution in [0.1, 0.15) is 22.5 Å². The molecule has 2 aromatic heterocycles. The number of aryl methyl sites for hydroxylation is 2. The van der Waals surface area contributed by atoms with Crippen LogP contribution in [0, 0.1) is 20.8 Å². The zero-order valence-corrected chi connectivity index (χ0v) is 16.7. The Morgan fingerprint density at radius 1 is 0.966 bits per heavy atom. The van der Waals surface area contributed by atoms with Crippen molar-refractivity contribution in [1.29, 1.82) is 0 Å². The van der Waals surface area contributed by atoms with E-state index in [4.69, 9.17) is 9.97 Å². The number of benzene rings is 2. The Morgan fingerprint density at radius 3 is 2.45 bits per heavy atom. The number of aromatic nitrogens is 3. The van der Waals surface area contributed by atoms with E-state index in [1.807, 2.05) is 61.7 Å². The molecule has 4 rings (SSSR count). The molecule has 0 aliphatic rings. The van der Waals surface area contributed by atoms with Crippen LogP contribution in [0.25, 0.3) is 16.9 Å². The van der Waals surface area contributed by atoms with Gasteiger partial charge in [0, 0.05) is 28.9 Å². The summed E-state index contributed by atoms with van der Waals surface area (Å²) in [5, 5.41) is 23.6. The fourth-order valence-corrected chi connectivity index (χ4v) is 3.54. The minimum absolute atomic E-state index is 0.468. The highest BCUT2D eigenvalue weighted by molar-refractivity contribution is 6.61. The van der Waals surface area contributed by atoms with Crippen LogP contribution in [0.4, 0.5) is 5.82 Å². The maximum Gasteiger partial charge on any atom is 0.489 e. The summed E-state index contributed by atoms with van der Waals surface area (Å²) in [5.41, 5.74) is 5.30. The molecule has 0 fully saturated rings. The zero-order chi connectivity index (χ0) is 20.5. The third-order valence-electron chi connectivity index (χ3n) is 5.22. The van der Waals surface area contributed by atoms with Crippen molar-refractivity contribution in [3.63, 3.8) is 0 Å². The fraction of sp³-hybridized carbons (Fsp3) is 0.182. The number of hydrogen-bond donors (Lipinski definition) is 3. The Morgan fingerprint density at radius 2 is 1.72 bits per heavy atom. The van der Waals surface area contributed by atoms with E-state index in [9.17, 15) is 10.0 Å². The second-order valence-electron chi connectivity index (χ2n) is 7.20. The van der Waals surface area contributed by atoms with Crippen LogP contribution in [0.15, 0.2) is 54.6 Å². The smallest absolute Gasteiger partial charge is 0.423 e. The van der Waals surface area contributed by atoms with Gasteiger partial charge in [-0.3, -0.25) is 4.57 Å². The van der Waals surface area contributed by atoms with Gasteiger partial charge in [-0.1, -0.05) is 42.5 Å². The summed E-state index contributed by atoms with van der Waals surface area (Å²) in [6, 6.07) is 17.6. The lowest BCUT2D eigenvalue weighted by atomic mass is 9.78. The van der Waals surface area contributed by atoms with Crippen molar-refractivity contribution < 1.29 is 10.0 Å². The molecule has 0 radical (unpaired) electrons. The normalized spacial score (nSPS) is 11.1. The molecule has 0 saturated carbocycles. The molecular weight excluding hydrogens is 363 g/mol. The summed E-state index contributed by atoms with van der Waals surface area (Å²) in [6.45, 7) is 6.61. The lowest BCUT2D eigenvalue weighted by Gasteiger charge is -2.14. The lowest BCUT2D eigenvalue weighted by Crippen LogP contribution is -2.30. The predicted molar refractivity (Wildman–Crippen MR) is 117 cm³/mol. The summed E-state index contributed by atoms with van der Waals surface area (Å²) in [6.07, 6.45) is 0. The Balaban J connectivity index is 1.79. The van der Waals surface area contributed by atoms with E-state index in [0.29, 0.717) is 18.0 Å². The van der Waals surface area contributed by atoms with Crippen molar-refractivity contribution in [3.8, 4) is 5.95 Å². The first-order chi connectivity index (χ1) is 14.0. The molecule has 6 nitrogen and oxygen atoms in total. The van der Waals surface area contributed by atoms with Crippen LogP contribution < -0.4 is 10.8 Å². The van der Waals surface area contributed by atoms with E-state index in [0.717, 1.165) is 33.7 Å². The molecular formula is C22H23BN4O2. The van der Waals surface area contributed by atoms with E-state index >= 15 is 0 Å². The third-order valence-corrected chi connectivity index (χ3v) is 5.22. The summed E-state index contributed by atoms with van der Waals surface area (Å²) >= 11 is 0. The fourth-order valence-electron chi connectivity index (χ4n) is 3.54. The van der Waals surface area contributed by atoms with Crippen LogP contribution in [-0.2, 0) is 6.54 Å². The molecule has 0 amide bonds. The van der Waals surface area contributed by atoms with E-state index in [1.165, 1.54) is 5.56 Å². The Kier molecular flexibility index (Phi) is 5.09. The van der Waals surface area contributed by atoms with Gasteiger partial charge in [-0.2, -0.15) is 4.98 Å². The lowest BCUT2D eigenvalue weighted by molar-refractivity contribution is 0.426. The first kappa shape index (κ1) is 19.2. The van der Waals surface area contributed by atoms with Gasteiger partial charge in [-0.25, -0.2) is 4.98 Å². The van der Waals surface area contributed by atoms with Gasteiger partial charge in [0.05, 0.1) is 5.52 Å². The van der Waals surface area contributed by atoms with Crippen LogP contribution in [0.3, 0.4) is 0 Å². The molecule has 3 N–H and O–H groups in total. The minimum Gasteiger partial charge on any atom is -0.423 e. The molecule has 0 bridgehead atoms. The van der Waals surface area contributed by atoms with E-state index in [-0.39, 0.29) is 0 Å². The van der Waals surface area contributed by atoms with Crippen molar-refractivity contribution in [2.24, 2.45) is 0 Å². The van der Waals surface area contributed by atoms with Gasteiger partial charge >= 0.3 is 7.12 Å². The van der Waals surface area contributed by atoms with E-state index in [1.54, 1.807) is 6.07 Å². The molecule has 29 heavy (non-hydrogen) atoms. The van der Waals surface area contributed by atoms with Crippen molar-refractivity contribution in [2.45, 2.75) is 27.3 Å². The average Bonchev–Trinajstić information content (AvgIpc) is 3.05. The van der Waals surface area contributed by atoms with Crippen LogP contribution in [-0.4, -0.2) is 31.7 Å². The molecule has 0 aliphatic carbocycles. The molecule has 2 aromatic carbocycles. The maximum absolute atomic E-state index is 9.70. The third kappa shape index (κ3) is 3.62. The van der Waals surface area contributed by atoms with Crippen LogP contribution >= 0.6 is 0 Å². The summed E-state index contributed by atoms with van der Waals surface area (Å²) < 4.78 is 1.95. The summed E-state index contributed by atoms with van der Waals surface area (Å²) in [5.74, 6) is 1.34. The zero-order valence-electron chi connectivity index (χ0n) is 16.7. The van der Waals surface area contributed by atoms with Gasteiger partial charge in [-0.05, 0) is 43.9 Å². The average molecular weight is 386 g/mol. The van der Waals surface area contributed by atoms with Gasteiger partial charge in [-0.15, -0.1) is 0 Å². The SMILES string of the molecule is Cc1nc(-n2c(C)cc3c(B(O)O)cccc32)nc(NCc2ccccc2)c1C. The molecule has 0 atom stereocenters. The molecule has 4 aromatic rings. The second-order valence-corrected chi connectivity index (χ2v) is 7.20. The van der Waals surface area contributed by atoms with Crippen LogP contribution in [0.5, 0.6) is 0 Å². The summed E-state index contributed by atoms with van der Waals surface area (Å²) in [7, 11) is -1.53. The highest BCUT2D eigenvalue weighted by Gasteiger charge is 2.19. The number of hydrogen-bond acceptors (Lipinski definition) is 5. The first-order valence-electron chi connectivity index (χ1n) is 9.56. The molecule has 0 saturated heterocycles. The molecule has 146 valence electrons. The summed E-state index contributed by atoms with van der Waals surface area (Å²) in [4.78, 5) is 9.50. The molecule has 7 heteroatoms. The largest absolute Gasteiger partial charge is 0.489 e. The van der Waals surface area contributed by atoms with Gasteiger partial charge in [0.2, 0.25) is 5.95 Å². The Bertz CT molecular complexity index is 1170. The highest BCUT2D eigenvalue weighted by atomic mass is 16.4. The van der Waals surface area contributed by atoms with Gasteiger partial charge < -0.3 is 15.4 Å². The van der Waals surface area contributed by atoms with Crippen molar-refractivity contribution in [1.82, 2.24) is 14.5 Å². The Labute approximate surface area is 170 Å². The van der Waals surface area contributed by atoms with Crippen molar-refractivity contribution >= 4 is 29.3 Å². The van der Waals surface area contributed by atoms with Crippen molar-refractivity contribution in [3.05, 3.63) is 77.1 Å². The van der Waals surface area contributed by atoms with Crippen molar-refractivity contribution in [2.75, 3.05) is 5.32 Å². The molecule has 0 unspecified atom stereocenters. The second kappa shape index (κ2) is 7.70. The van der Waals surface area contributed by atoms with Crippen LogP contribution in [0.2, 0.25) is 0 Å². The van der Waals surface area contributed by atoms with Gasteiger partial charge in [0.1, 0.15) is 5.82 Å². The highest BCUT2D eigenvalue weighted by Crippen LogP contribution is 2.24. The van der Waals surface area contributed by atoms with E-state index < -0.39 is 7.12 Å². The van der Waals surface area contributed by atoms with E-state index in [2.05, 4.69) is 17.4 Å². The quantitative estimate of drug-likeness (QED) is 0.460. The number of fused-ring (bicyclic) bond motifs is 1. The predicted octanol–water partition coefficient (Wildman–Crippen LogP) is 2.64. The molecule has 0 spiro atoms. The molecule has 2 heterocycles.